The van der Waals surface area contributed by atoms with E-state index in [9.17, 15) is 4.79 Å². The number of carbonyl (C=O) groups is 1. The Labute approximate surface area is 179 Å². The Bertz CT molecular complexity index is 1080. The summed E-state index contributed by atoms with van der Waals surface area (Å²) < 4.78 is 22.2. The number of halogens is 1. The number of carbonyl (C=O) groups excluding carboxylic acids is 1. The molecule has 29 heavy (non-hydrogen) atoms. The molecule has 8 heteroatoms. The highest BCUT2D eigenvalue weighted by Gasteiger charge is 2.13. The molecule has 148 valence electrons. The van der Waals surface area contributed by atoms with E-state index in [1.165, 1.54) is 17.4 Å². The lowest BCUT2D eigenvalue weighted by molar-refractivity contribution is -0.139. The first-order valence-corrected chi connectivity index (χ1v) is 10.3. The predicted octanol–water partition coefficient (Wildman–Crippen LogP) is 5.07. The van der Waals surface area contributed by atoms with Gasteiger partial charge in [0.1, 0.15) is 17.4 Å². The highest BCUT2D eigenvalue weighted by atomic mass is 79.9. The molecule has 0 saturated heterocycles. The largest absolute Gasteiger partial charge is 0.496 e. The molecule has 1 aromatic heterocycles. The number of benzene rings is 2. The molecule has 1 aliphatic rings. The lowest BCUT2D eigenvalue weighted by Gasteiger charge is -2.06. The quantitative estimate of drug-likeness (QED) is 0.367. The molecule has 2 aromatic carbocycles. The molecule has 0 radical (unpaired) electrons. The number of hydrogen-bond acceptors (Lipinski definition) is 7. The Morgan fingerprint density at radius 1 is 1.24 bits per heavy atom. The highest BCUT2D eigenvalue weighted by Crippen LogP contribution is 2.35. The van der Waals surface area contributed by atoms with Gasteiger partial charge in [0.05, 0.1) is 18.4 Å². The van der Waals surface area contributed by atoms with Crippen molar-refractivity contribution in [3.05, 3.63) is 63.6 Å². The molecule has 0 N–H and O–H groups in total. The van der Waals surface area contributed by atoms with Crippen LogP contribution < -0.4 is 14.2 Å². The minimum absolute atomic E-state index is 0.0944. The summed E-state index contributed by atoms with van der Waals surface area (Å²) >= 11 is 4.93. The summed E-state index contributed by atoms with van der Waals surface area (Å²) in [6, 6.07) is 11.2. The fourth-order valence-corrected chi connectivity index (χ4v) is 3.90. The van der Waals surface area contributed by atoms with Crippen LogP contribution in [0.2, 0.25) is 0 Å². The summed E-state index contributed by atoms with van der Waals surface area (Å²) in [5.41, 5.74) is 2.38. The molecule has 0 saturated carbocycles. The maximum Gasteiger partial charge on any atom is 0.331 e. The predicted molar refractivity (Wildman–Crippen MR) is 113 cm³/mol. The smallest absolute Gasteiger partial charge is 0.331 e. The average molecular weight is 474 g/mol. The fourth-order valence-electron chi connectivity index (χ4n) is 2.72. The molecular formula is C21H16BrNO5S. The Hall–Kier alpha value is -2.84. The molecule has 4 rings (SSSR count). The molecule has 0 amide bonds. The van der Waals surface area contributed by atoms with E-state index >= 15 is 0 Å². The van der Waals surface area contributed by atoms with Crippen molar-refractivity contribution in [3.63, 3.8) is 0 Å². The van der Waals surface area contributed by atoms with Crippen molar-refractivity contribution in [1.82, 2.24) is 4.98 Å². The van der Waals surface area contributed by atoms with Crippen LogP contribution in [-0.4, -0.2) is 24.9 Å². The number of fused-ring (bicyclic) bond motifs is 1. The van der Waals surface area contributed by atoms with Gasteiger partial charge < -0.3 is 18.9 Å². The summed E-state index contributed by atoms with van der Waals surface area (Å²) in [6.45, 7) is 0.309. The monoisotopic (exact) mass is 473 g/mol. The second kappa shape index (κ2) is 8.67. The van der Waals surface area contributed by atoms with Gasteiger partial charge in [0.2, 0.25) is 6.79 Å². The first-order chi connectivity index (χ1) is 14.1. The SMILES string of the molecule is COc1ccc(Br)cc1-c1nc(COC(=O)/C=C/c2ccc3c(c2)OCO3)cs1. The van der Waals surface area contributed by atoms with Crippen LogP contribution in [0, 0.1) is 0 Å². The molecule has 0 spiro atoms. The Balaban J connectivity index is 1.37. The van der Waals surface area contributed by atoms with E-state index in [4.69, 9.17) is 18.9 Å². The zero-order valence-electron chi connectivity index (χ0n) is 15.4. The highest BCUT2D eigenvalue weighted by molar-refractivity contribution is 9.10. The maximum atomic E-state index is 12.0. The summed E-state index contributed by atoms with van der Waals surface area (Å²) in [7, 11) is 1.62. The maximum absolute atomic E-state index is 12.0. The van der Waals surface area contributed by atoms with Crippen molar-refractivity contribution >= 4 is 39.3 Å². The molecule has 0 atom stereocenters. The van der Waals surface area contributed by atoms with Gasteiger partial charge in [0.25, 0.3) is 0 Å². The second-order valence-corrected chi connectivity index (χ2v) is 7.82. The lowest BCUT2D eigenvalue weighted by Crippen LogP contribution is -2.01. The van der Waals surface area contributed by atoms with Gasteiger partial charge in [0, 0.05) is 15.9 Å². The summed E-state index contributed by atoms with van der Waals surface area (Å²) in [4.78, 5) is 16.6. The minimum Gasteiger partial charge on any atom is -0.496 e. The average Bonchev–Trinajstić information content (AvgIpc) is 3.39. The van der Waals surface area contributed by atoms with E-state index in [2.05, 4.69) is 20.9 Å². The van der Waals surface area contributed by atoms with Crippen molar-refractivity contribution < 1.29 is 23.7 Å². The van der Waals surface area contributed by atoms with E-state index in [0.29, 0.717) is 17.2 Å². The number of methoxy groups -OCH3 is 1. The van der Waals surface area contributed by atoms with Gasteiger partial charge in [-0.2, -0.15) is 0 Å². The van der Waals surface area contributed by atoms with Crippen LogP contribution in [0.4, 0.5) is 0 Å². The normalized spacial score (nSPS) is 12.3. The molecular weight excluding hydrogens is 458 g/mol. The van der Waals surface area contributed by atoms with Gasteiger partial charge in [-0.05, 0) is 42.0 Å². The molecule has 3 aromatic rings. The van der Waals surface area contributed by atoms with Crippen molar-refractivity contribution in [3.8, 4) is 27.8 Å². The summed E-state index contributed by atoms with van der Waals surface area (Å²) in [6.07, 6.45) is 3.05. The van der Waals surface area contributed by atoms with Gasteiger partial charge in [0.15, 0.2) is 11.5 Å². The van der Waals surface area contributed by atoms with E-state index in [0.717, 1.165) is 26.4 Å². The Kier molecular flexibility index (Phi) is 5.82. The van der Waals surface area contributed by atoms with Crippen LogP contribution >= 0.6 is 27.3 Å². The van der Waals surface area contributed by atoms with Crippen LogP contribution in [-0.2, 0) is 16.1 Å². The van der Waals surface area contributed by atoms with Crippen molar-refractivity contribution in [2.24, 2.45) is 0 Å². The number of hydrogen-bond donors (Lipinski definition) is 0. The van der Waals surface area contributed by atoms with Crippen molar-refractivity contribution in [2.45, 2.75) is 6.61 Å². The molecule has 0 aliphatic carbocycles. The first kappa shape index (κ1) is 19.5. The van der Waals surface area contributed by atoms with E-state index < -0.39 is 5.97 Å². The third-order valence-corrected chi connectivity index (χ3v) is 5.53. The van der Waals surface area contributed by atoms with Gasteiger partial charge in [-0.15, -0.1) is 11.3 Å². The summed E-state index contributed by atoms with van der Waals surface area (Å²) in [5.74, 6) is 1.65. The topological polar surface area (TPSA) is 66.9 Å². The van der Waals surface area contributed by atoms with Crippen LogP contribution in [0.3, 0.4) is 0 Å². The van der Waals surface area contributed by atoms with E-state index in [-0.39, 0.29) is 13.4 Å². The second-order valence-electron chi connectivity index (χ2n) is 6.04. The molecule has 0 bridgehead atoms. The lowest BCUT2D eigenvalue weighted by atomic mass is 10.2. The van der Waals surface area contributed by atoms with Crippen LogP contribution in [0.15, 0.2) is 52.3 Å². The third-order valence-electron chi connectivity index (χ3n) is 4.11. The minimum atomic E-state index is -0.447. The number of aromatic nitrogens is 1. The number of nitrogens with zero attached hydrogens (tertiary/aromatic N) is 1. The van der Waals surface area contributed by atoms with Gasteiger partial charge in [-0.25, -0.2) is 9.78 Å². The van der Waals surface area contributed by atoms with Gasteiger partial charge in [-0.1, -0.05) is 22.0 Å². The van der Waals surface area contributed by atoms with Crippen LogP contribution in [0.5, 0.6) is 17.2 Å². The van der Waals surface area contributed by atoms with E-state index in [1.54, 1.807) is 19.3 Å². The Morgan fingerprint density at radius 2 is 2.10 bits per heavy atom. The molecule has 6 nitrogen and oxygen atoms in total. The fraction of sp³-hybridized carbons (Fsp3) is 0.143. The third kappa shape index (κ3) is 4.60. The van der Waals surface area contributed by atoms with Gasteiger partial charge in [-0.3, -0.25) is 0 Å². The number of esters is 1. The standard InChI is InChI=1S/C21H16BrNO5S/c1-25-17-6-4-14(22)9-16(17)21-23-15(11-29-21)10-26-20(24)7-3-13-2-5-18-19(8-13)28-12-27-18/h2-9,11H,10,12H2,1H3/b7-3+. The first-order valence-electron chi connectivity index (χ1n) is 8.65. The van der Waals surface area contributed by atoms with Gasteiger partial charge >= 0.3 is 5.97 Å². The number of ether oxygens (including phenoxy) is 4. The van der Waals surface area contributed by atoms with Crippen molar-refractivity contribution in [2.75, 3.05) is 13.9 Å². The van der Waals surface area contributed by atoms with E-state index in [1.807, 2.05) is 35.7 Å². The number of thiazole rings is 1. The Morgan fingerprint density at radius 3 is 2.97 bits per heavy atom. The zero-order valence-corrected chi connectivity index (χ0v) is 17.8. The summed E-state index contributed by atoms with van der Waals surface area (Å²) in [5, 5.41) is 2.66. The van der Waals surface area contributed by atoms with Crippen LogP contribution in [0.1, 0.15) is 11.3 Å². The molecule has 2 heterocycles. The van der Waals surface area contributed by atoms with Crippen molar-refractivity contribution in [1.29, 1.82) is 0 Å². The molecule has 1 aliphatic heterocycles. The molecule has 0 fully saturated rings. The van der Waals surface area contributed by atoms with Crippen LogP contribution in [0.25, 0.3) is 16.6 Å². The zero-order chi connectivity index (χ0) is 20.2. The number of rotatable bonds is 6. The molecule has 0 unspecified atom stereocenters.